The number of aliphatic hydroxyl groups excluding tert-OH is 1. The van der Waals surface area contributed by atoms with Crippen LogP contribution in [0.3, 0.4) is 0 Å². The zero-order valence-electron chi connectivity index (χ0n) is 12.7. The summed E-state index contributed by atoms with van der Waals surface area (Å²) in [7, 11) is 0. The average molecular weight is 265 g/mol. The van der Waals surface area contributed by atoms with Crippen LogP contribution in [0, 0.1) is 13.8 Å². The number of nitrogens with two attached hydrogens (primary N) is 1. The van der Waals surface area contributed by atoms with E-state index in [0.29, 0.717) is 13.0 Å². The highest BCUT2D eigenvalue weighted by Gasteiger charge is 2.19. The average Bonchev–Trinajstić information content (AvgIpc) is 2.31. The Labute approximate surface area is 116 Å². The summed E-state index contributed by atoms with van der Waals surface area (Å²) < 4.78 is 5.77. The second-order valence-electron chi connectivity index (χ2n) is 5.50. The first-order valence-electron chi connectivity index (χ1n) is 7.04. The zero-order valence-corrected chi connectivity index (χ0v) is 12.7. The van der Waals surface area contributed by atoms with E-state index in [4.69, 9.17) is 10.5 Å². The number of hydrogen-bond donors (Lipinski definition) is 2. The van der Waals surface area contributed by atoms with Crippen LogP contribution in [0.5, 0.6) is 5.75 Å². The molecule has 0 saturated carbocycles. The van der Waals surface area contributed by atoms with Gasteiger partial charge in [0.2, 0.25) is 0 Å². The van der Waals surface area contributed by atoms with E-state index in [-0.39, 0.29) is 12.0 Å². The molecule has 0 aromatic heterocycles. The first-order valence-corrected chi connectivity index (χ1v) is 7.04. The lowest BCUT2D eigenvalue weighted by molar-refractivity contribution is 0.134. The molecule has 1 aromatic carbocycles. The van der Waals surface area contributed by atoms with Crippen LogP contribution >= 0.6 is 0 Å². The predicted octanol–water partition coefficient (Wildman–Crippen LogP) is 2.90. The normalized spacial score (nSPS) is 15.9. The third-order valence-electron chi connectivity index (χ3n) is 3.47. The van der Waals surface area contributed by atoms with Crippen molar-refractivity contribution >= 4 is 0 Å². The minimum Gasteiger partial charge on any atom is -0.493 e. The van der Waals surface area contributed by atoms with Crippen LogP contribution in [-0.2, 0) is 0 Å². The van der Waals surface area contributed by atoms with Crippen LogP contribution in [-0.4, -0.2) is 23.9 Å². The number of ether oxygens (including phenoxy) is 1. The summed E-state index contributed by atoms with van der Waals surface area (Å²) in [5.41, 5.74) is 9.28. The zero-order chi connectivity index (χ0) is 14.6. The highest BCUT2D eigenvalue weighted by Crippen LogP contribution is 2.34. The SMILES string of the molecule is CCOc1c(C)cc(C)cc1C(C)CC(O)C(C)N. The summed E-state index contributed by atoms with van der Waals surface area (Å²) in [6.07, 6.45) is 0.172. The molecule has 3 heteroatoms. The third kappa shape index (κ3) is 4.22. The Kier molecular flexibility index (Phi) is 5.83. The van der Waals surface area contributed by atoms with Gasteiger partial charge in [-0.05, 0) is 51.2 Å². The molecular formula is C16H27NO2. The van der Waals surface area contributed by atoms with Crippen molar-refractivity contribution in [3.63, 3.8) is 0 Å². The van der Waals surface area contributed by atoms with Crippen LogP contribution in [0.15, 0.2) is 12.1 Å². The lowest BCUT2D eigenvalue weighted by atomic mass is 9.90. The number of benzene rings is 1. The summed E-state index contributed by atoms with van der Waals surface area (Å²) in [5, 5.41) is 9.95. The van der Waals surface area contributed by atoms with Gasteiger partial charge in [-0.3, -0.25) is 0 Å². The summed E-state index contributed by atoms with van der Waals surface area (Å²) in [5.74, 6) is 1.18. The van der Waals surface area contributed by atoms with Crippen molar-refractivity contribution in [2.24, 2.45) is 5.73 Å². The fourth-order valence-corrected chi connectivity index (χ4v) is 2.40. The van der Waals surface area contributed by atoms with Gasteiger partial charge >= 0.3 is 0 Å². The quantitative estimate of drug-likeness (QED) is 0.831. The third-order valence-corrected chi connectivity index (χ3v) is 3.47. The monoisotopic (exact) mass is 265 g/mol. The molecule has 1 rings (SSSR count). The molecule has 0 aliphatic heterocycles. The molecule has 1 aromatic rings. The van der Waals surface area contributed by atoms with Gasteiger partial charge in [0.05, 0.1) is 12.7 Å². The molecule has 3 N–H and O–H groups in total. The Balaban J connectivity index is 3.03. The van der Waals surface area contributed by atoms with Crippen molar-refractivity contribution in [2.45, 2.75) is 59.1 Å². The maximum Gasteiger partial charge on any atom is 0.125 e. The molecular weight excluding hydrogens is 238 g/mol. The van der Waals surface area contributed by atoms with E-state index in [9.17, 15) is 5.11 Å². The van der Waals surface area contributed by atoms with Gasteiger partial charge in [-0.1, -0.05) is 24.6 Å². The lowest BCUT2D eigenvalue weighted by Crippen LogP contribution is -2.32. The lowest BCUT2D eigenvalue weighted by Gasteiger charge is -2.23. The molecule has 0 fully saturated rings. The van der Waals surface area contributed by atoms with E-state index in [1.807, 2.05) is 13.8 Å². The fourth-order valence-electron chi connectivity index (χ4n) is 2.40. The van der Waals surface area contributed by atoms with Gasteiger partial charge in [-0.2, -0.15) is 0 Å². The summed E-state index contributed by atoms with van der Waals surface area (Å²) in [6, 6.07) is 4.07. The Hall–Kier alpha value is -1.06. The second-order valence-corrected chi connectivity index (χ2v) is 5.50. The Morgan fingerprint density at radius 3 is 2.42 bits per heavy atom. The van der Waals surface area contributed by atoms with Crippen LogP contribution in [0.2, 0.25) is 0 Å². The first kappa shape index (κ1) is 16.0. The van der Waals surface area contributed by atoms with Crippen molar-refractivity contribution < 1.29 is 9.84 Å². The largest absolute Gasteiger partial charge is 0.493 e. The van der Waals surface area contributed by atoms with E-state index >= 15 is 0 Å². The molecule has 0 amide bonds. The fraction of sp³-hybridized carbons (Fsp3) is 0.625. The highest BCUT2D eigenvalue weighted by atomic mass is 16.5. The highest BCUT2D eigenvalue weighted by molar-refractivity contribution is 5.45. The van der Waals surface area contributed by atoms with Crippen molar-refractivity contribution in [1.82, 2.24) is 0 Å². The number of hydrogen-bond acceptors (Lipinski definition) is 3. The number of rotatable bonds is 6. The molecule has 3 nitrogen and oxygen atoms in total. The molecule has 0 heterocycles. The van der Waals surface area contributed by atoms with Crippen molar-refractivity contribution in [3.8, 4) is 5.75 Å². The standard InChI is InChI=1S/C16H27NO2/c1-6-19-16-12(4)7-10(2)8-14(16)11(3)9-15(18)13(5)17/h7-8,11,13,15,18H,6,9,17H2,1-5H3. The van der Waals surface area contributed by atoms with Crippen LogP contribution in [0.25, 0.3) is 0 Å². The van der Waals surface area contributed by atoms with Gasteiger partial charge < -0.3 is 15.6 Å². The topological polar surface area (TPSA) is 55.5 Å². The maximum atomic E-state index is 9.95. The first-order chi connectivity index (χ1) is 8.86. The van der Waals surface area contributed by atoms with Crippen molar-refractivity contribution in [2.75, 3.05) is 6.61 Å². The van der Waals surface area contributed by atoms with E-state index in [1.165, 1.54) is 11.1 Å². The van der Waals surface area contributed by atoms with Gasteiger partial charge in [-0.25, -0.2) is 0 Å². The molecule has 0 saturated heterocycles. The van der Waals surface area contributed by atoms with Crippen molar-refractivity contribution in [1.29, 1.82) is 0 Å². The summed E-state index contributed by atoms with van der Waals surface area (Å²) >= 11 is 0. The number of aryl methyl sites for hydroxylation is 2. The van der Waals surface area contributed by atoms with Gasteiger partial charge in [-0.15, -0.1) is 0 Å². The molecule has 3 atom stereocenters. The molecule has 0 radical (unpaired) electrons. The van der Waals surface area contributed by atoms with Crippen LogP contribution < -0.4 is 10.5 Å². The summed E-state index contributed by atoms with van der Waals surface area (Å²) in [4.78, 5) is 0. The molecule has 108 valence electrons. The van der Waals surface area contributed by atoms with Crippen LogP contribution in [0.1, 0.15) is 49.8 Å². The Morgan fingerprint density at radius 2 is 1.89 bits per heavy atom. The van der Waals surface area contributed by atoms with Crippen molar-refractivity contribution in [3.05, 3.63) is 28.8 Å². The maximum absolute atomic E-state index is 9.95. The summed E-state index contributed by atoms with van der Waals surface area (Å²) in [6.45, 7) is 10.7. The Bertz CT molecular complexity index is 415. The minimum atomic E-state index is -0.481. The molecule has 0 aliphatic rings. The predicted molar refractivity (Wildman–Crippen MR) is 79.8 cm³/mol. The second kappa shape index (κ2) is 6.92. The Morgan fingerprint density at radius 1 is 1.26 bits per heavy atom. The van der Waals surface area contributed by atoms with Gasteiger partial charge in [0.15, 0.2) is 0 Å². The van der Waals surface area contributed by atoms with Gasteiger partial charge in [0.25, 0.3) is 0 Å². The van der Waals surface area contributed by atoms with E-state index in [2.05, 4.69) is 32.9 Å². The molecule has 0 bridgehead atoms. The minimum absolute atomic E-state index is 0.205. The van der Waals surface area contributed by atoms with Gasteiger partial charge in [0, 0.05) is 6.04 Å². The van der Waals surface area contributed by atoms with E-state index < -0.39 is 6.10 Å². The molecule has 0 aliphatic carbocycles. The van der Waals surface area contributed by atoms with Gasteiger partial charge in [0.1, 0.15) is 5.75 Å². The molecule has 0 spiro atoms. The van der Waals surface area contributed by atoms with Crippen LogP contribution in [0.4, 0.5) is 0 Å². The number of aliphatic hydroxyl groups is 1. The molecule has 19 heavy (non-hydrogen) atoms. The van der Waals surface area contributed by atoms with E-state index in [0.717, 1.165) is 11.3 Å². The van der Waals surface area contributed by atoms with E-state index in [1.54, 1.807) is 0 Å². The smallest absolute Gasteiger partial charge is 0.125 e. The molecule has 3 unspecified atom stereocenters.